The molecular weight excluding hydrogens is 325 g/mol. The first kappa shape index (κ1) is 15.1. The van der Waals surface area contributed by atoms with Gasteiger partial charge in [-0.15, -0.1) is 24.0 Å². The first-order valence-corrected chi connectivity index (χ1v) is 6.74. The molecule has 0 aromatic heterocycles. The molecule has 0 heterocycles. The van der Waals surface area contributed by atoms with E-state index in [1.54, 1.807) is 0 Å². The fourth-order valence-corrected chi connectivity index (χ4v) is 2.50. The molecule has 2 rings (SSSR count). The Labute approximate surface area is 122 Å². The van der Waals surface area contributed by atoms with Crippen LogP contribution < -0.4 is 11.1 Å². The molecule has 100 valence electrons. The van der Waals surface area contributed by atoms with E-state index in [0.29, 0.717) is 17.4 Å². The van der Waals surface area contributed by atoms with Crippen LogP contribution in [0.5, 0.6) is 0 Å². The Morgan fingerprint density at radius 2 is 1.82 bits per heavy atom. The topological polar surface area (TPSA) is 50.4 Å². The van der Waals surface area contributed by atoms with Crippen molar-refractivity contribution in [1.29, 1.82) is 0 Å². The zero-order chi connectivity index (χ0) is 11.4. The van der Waals surface area contributed by atoms with Crippen molar-refractivity contribution in [2.45, 2.75) is 64.3 Å². The smallest absolute Gasteiger partial charge is 0.188 e. The molecule has 0 bridgehead atoms. The zero-order valence-electron chi connectivity index (χ0n) is 10.9. The molecule has 2 saturated carbocycles. The molecule has 2 fully saturated rings. The van der Waals surface area contributed by atoms with Crippen LogP contribution in [0, 0.1) is 5.41 Å². The Hall–Kier alpha value is 0. The summed E-state index contributed by atoms with van der Waals surface area (Å²) in [5, 5.41) is 3.25. The second-order valence-electron chi connectivity index (χ2n) is 5.84. The molecule has 0 radical (unpaired) electrons. The molecule has 0 aliphatic heterocycles. The number of nitrogens with one attached hydrogen (secondary N) is 1. The first-order chi connectivity index (χ1) is 7.68. The fourth-order valence-electron chi connectivity index (χ4n) is 2.50. The number of hydrogen-bond acceptors (Lipinski definition) is 1. The van der Waals surface area contributed by atoms with Gasteiger partial charge >= 0.3 is 0 Å². The summed E-state index contributed by atoms with van der Waals surface area (Å²) >= 11 is 0. The molecule has 2 aliphatic carbocycles. The second-order valence-corrected chi connectivity index (χ2v) is 5.84. The minimum atomic E-state index is 0. The number of nitrogens with two attached hydrogens (primary N) is 1. The zero-order valence-corrected chi connectivity index (χ0v) is 13.2. The van der Waals surface area contributed by atoms with Gasteiger partial charge in [-0.3, -0.25) is 4.99 Å². The van der Waals surface area contributed by atoms with Crippen molar-refractivity contribution in [3.63, 3.8) is 0 Å². The summed E-state index contributed by atoms with van der Waals surface area (Å²) < 4.78 is 0. The third kappa shape index (κ3) is 5.44. The summed E-state index contributed by atoms with van der Waals surface area (Å²) in [6.07, 6.45) is 10.7. The van der Waals surface area contributed by atoms with Gasteiger partial charge in [-0.05, 0) is 31.1 Å². The van der Waals surface area contributed by atoms with Crippen LogP contribution in [0.1, 0.15) is 58.3 Å². The normalized spacial score (nSPS) is 24.6. The average Bonchev–Trinajstić information content (AvgIpc) is 3.05. The van der Waals surface area contributed by atoms with E-state index in [1.165, 1.54) is 51.4 Å². The Balaban J connectivity index is 0.00000144. The van der Waals surface area contributed by atoms with Crippen LogP contribution in [0.15, 0.2) is 4.99 Å². The molecule has 0 aromatic carbocycles. The van der Waals surface area contributed by atoms with E-state index in [1.807, 2.05) is 0 Å². The van der Waals surface area contributed by atoms with Gasteiger partial charge in [0.15, 0.2) is 5.96 Å². The van der Waals surface area contributed by atoms with E-state index in [4.69, 9.17) is 5.73 Å². The van der Waals surface area contributed by atoms with E-state index >= 15 is 0 Å². The lowest BCUT2D eigenvalue weighted by Gasteiger charge is -2.26. The van der Waals surface area contributed by atoms with Gasteiger partial charge in [-0.25, -0.2) is 0 Å². The van der Waals surface area contributed by atoms with E-state index < -0.39 is 0 Å². The van der Waals surface area contributed by atoms with E-state index in [0.717, 1.165) is 6.54 Å². The summed E-state index contributed by atoms with van der Waals surface area (Å²) in [5.41, 5.74) is 6.26. The number of aliphatic imine (C=N–C) groups is 1. The van der Waals surface area contributed by atoms with Gasteiger partial charge in [0, 0.05) is 12.6 Å². The van der Waals surface area contributed by atoms with Crippen molar-refractivity contribution in [1.82, 2.24) is 5.32 Å². The van der Waals surface area contributed by atoms with Crippen LogP contribution in [0.3, 0.4) is 0 Å². The standard InChI is InChI=1S/C13H25N3.HI/c1-13(8-4-2-3-5-9-13)10-15-12(14)16-11-6-7-11;/h11H,2-10H2,1H3,(H3,14,15,16);1H. The van der Waals surface area contributed by atoms with Crippen LogP contribution in [0.2, 0.25) is 0 Å². The maximum absolute atomic E-state index is 5.87. The summed E-state index contributed by atoms with van der Waals surface area (Å²) in [6.45, 7) is 3.27. The van der Waals surface area contributed by atoms with Crippen molar-refractivity contribution in [2.24, 2.45) is 16.1 Å². The highest BCUT2D eigenvalue weighted by molar-refractivity contribution is 14.0. The number of guanidine groups is 1. The van der Waals surface area contributed by atoms with Crippen LogP contribution in [0.4, 0.5) is 0 Å². The minimum absolute atomic E-state index is 0. The molecule has 0 atom stereocenters. The summed E-state index contributed by atoms with van der Waals surface area (Å²) in [7, 11) is 0. The molecule has 17 heavy (non-hydrogen) atoms. The Bertz CT molecular complexity index is 253. The van der Waals surface area contributed by atoms with Crippen molar-refractivity contribution in [3.05, 3.63) is 0 Å². The summed E-state index contributed by atoms with van der Waals surface area (Å²) in [6, 6.07) is 0.616. The maximum Gasteiger partial charge on any atom is 0.188 e. The van der Waals surface area contributed by atoms with Crippen molar-refractivity contribution < 1.29 is 0 Å². The van der Waals surface area contributed by atoms with Gasteiger partial charge in [0.2, 0.25) is 0 Å². The van der Waals surface area contributed by atoms with Crippen LogP contribution >= 0.6 is 24.0 Å². The SMILES string of the molecule is CC1(CN=C(N)NC2CC2)CCCCCC1.I. The molecule has 2 aliphatic rings. The van der Waals surface area contributed by atoms with Crippen LogP contribution in [0.25, 0.3) is 0 Å². The Morgan fingerprint density at radius 3 is 2.35 bits per heavy atom. The molecule has 4 heteroatoms. The number of halogens is 1. The van der Waals surface area contributed by atoms with Crippen molar-refractivity contribution in [3.8, 4) is 0 Å². The van der Waals surface area contributed by atoms with Gasteiger partial charge in [0.25, 0.3) is 0 Å². The molecule has 3 nitrogen and oxygen atoms in total. The van der Waals surface area contributed by atoms with E-state index in [9.17, 15) is 0 Å². The Morgan fingerprint density at radius 1 is 1.24 bits per heavy atom. The van der Waals surface area contributed by atoms with Crippen molar-refractivity contribution in [2.75, 3.05) is 6.54 Å². The average molecular weight is 351 g/mol. The number of nitrogens with zero attached hydrogens (tertiary/aromatic N) is 1. The lowest BCUT2D eigenvalue weighted by Crippen LogP contribution is -2.34. The molecule has 0 amide bonds. The quantitative estimate of drug-likeness (QED) is 0.355. The summed E-state index contributed by atoms with van der Waals surface area (Å²) in [5.74, 6) is 0.660. The first-order valence-electron chi connectivity index (χ1n) is 6.74. The fraction of sp³-hybridized carbons (Fsp3) is 0.923. The monoisotopic (exact) mass is 351 g/mol. The molecule has 3 N–H and O–H groups in total. The Kier molecular flexibility index (Phi) is 6.03. The van der Waals surface area contributed by atoms with Gasteiger partial charge < -0.3 is 11.1 Å². The maximum atomic E-state index is 5.87. The van der Waals surface area contributed by atoms with Gasteiger partial charge in [-0.2, -0.15) is 0 Å². The molecule has 0 aromatic rings. The number of rotatable bonds is 3. The second kappa shape index (κ2) is 6.81. The molecular formula is C13H26IN3. The third-order valence-electron chi connectivity index (χ3n) is 3.87. The van der Waals surface area contributed by atoms with Gasteiger partial charge in [0.05, 0.1) is 0 Å². The van der Waals surface area contributed by atoms with E-state index in [-0.39, 0.29) is 24.0 Å². The van der Waals surface area contributed by atoms with Gasteiger partial charge in [0.1, 0.15) is 0 Å². The number of hydrogen-bond donors (Lipinski definition) is 2. The predicted molar refractivity (Wildman–Crippen MR) is 83.9 cm³/mol. The van der Waals surface area contributed by atoms with E-state index in [2.05, 4.69) is 17.2 Å². The summed E-state index contributed by atoms with van der Waals surface area (Å²) in [4.78, 5) is 4.52. The molecule has 0 unspecified atom stereocenters. The largest absolute Gasteiger partial charge is 0.370 e. The lowest BCUT2D eigenvalue weighted by atomic mass is 9.83. The predicted octanol–water partition coefficient (Wildman–Crippen LogP) is 3.03. The third-order valence-corrected chi connectivity index (χ3v) is 3.87. The van der Waals surface area contributed by atoms with Crippen molar-refractivity contribution >= 4 is 29.9 Å². The van der Waals surface area contributed by atoms with Gasteiger partial charge in [-0.1, -0.05) is 32.6 Å². The highest BCUT2D eigenvalue weighted by Crippen LogP contribution is 2.34. The highest BCUT2D eigenvalue weighted by atomic mass is 127. The molecule has 0 saturated heterocycles. The minimum Gasteiger partial charge on any atom is -0.370 e. The lowest BCUT2D eigenvalue weighted by molar-refractivity contribution is 0.290. The van der Waals surface area contributed by atoms with Crippen LogP contribution in [-0.4, -0.2) is 18.5 Å². The van der Waals surface area contributed by atoms with Crippen LogP contribution in [-0.2, 0) is 0 Å². The molecule has 0 spiro atoms. The highest BCUT2D eigenvalue weighted by Gasteiger charge is 2.26.